The summed E-state index contributed by atoms with van der Waals surface area (Å²) < 4.78 is 12.0. The van der Waals surface area contributed by atoms with E-state index >= 15 is 0 Å². The van der Waals surface area contributed by atoms with E-state index in [2.05, 4.69) is 4.98 Å². The van der Waals surface area contributed by atoms with Crippen molar-refractivity contribution in [2.45, 2.75) is 6.92 Å². The van der Waals surface area contributed by atoms with Crippen molar-refractivity contribution < 1.29 is 9.18 Å². The van der Waals surface area contributed by atoms with E-state index in [4.69, 9.17) is 0 Å². The number of hydrogen-bond acceptors (Lipinski definition) is 3. The Hall–Kier alpha value is -0.770. The third-order valence-electron chi connectivity index (χ3n) is 0.777. The Labute approximate surface area is 55.3 Å². The van der Waals surface area contributed by atoms with Crippen LogP contribution >= 0.6 is 11.3 Å². The number of hydrogen-bond donors (Lipinski definition) is 0. The van der Waals surface area contributed by atoms with Crippen molar-refractivity contribution in [1.82, 2.24) is 4.98 Å². The summed E-state index contributed by atoms with van der Waals surface area (Å²) in [7, 11) is 0. The highest BCUT2D eigenvalue weighted by Crippen LogP contribution is 2.07. The summed E-state index contributed by atoms with van der Waals surface area (Å²) in [4.78, 5) is 13.8. The predicted molar refractivity (Wildman–Crippen MR) is 32.1 cm³/mol. The molecule has 0 aliphatic rings. The summed E-state index contributed by atoms with van der Waals surface area (Å²) in [6, 6.07) is 0. The smallest absolute Gasteiger partial charge is 0.224 e. The summed E-state index contributed by atoms with van der Waals surface area (Å²) in [5.41, 5.74) is 0. The summed E-state index contributed by atoms with van der Waals surface area (Å²) >= 11 is 1.02. The maximum absolute atomic E-state index is 12.0. The molecule has 0 unspecified atom stereocenters. The Morgan fingerprint density at radius 1 is 1.89 bits per heavy atom. The number of aromatic nitrogens is 1. The number of nitrogens with zero attached hydrogens (tertiary/aromatic N) is 1. The molecule has 0 saturated heterocycles. The molecule has 1 aromatic heterocycles. The predicted octanol–water partition coefficient (Wildman–Crippen LogP) is 1.48. The van der Waals surface area contributed by atoms with Gasteiger partial charge in [-0.15, -0.1) is 11.3 Å². The van der Waals surface area contributed by atoms with Gasteiger partial charge in [0.1, 0.15) is 0 Å². The van der Waals surface area contributed by atoms with Crippen LogP contribution in [0, 0.1) is 5.95 Å². The molecule has 0 spiro atoms. The van der Waals surface area contributed by atoms with Gasteiger partial charge in [0, 0.05) is 12.3 Å². The molecular formula is C5H4FNOS. The topological polar surface area (TPSA) is 30.0 Å². The third-order valence-corrected chi connectivity index (χ3v) is 1.69. The molecule has 0 aromatic carbocycles. The van der Waals surface area contributed by atoms with E-state index in [0.717, 1.165) is 11.3 Å². The second-order valence-electron chi connectivity index (χ2n) is 1.53. The lowest BCUT2D eigenvalue weighted by Crippen LogP contribution is -1.89. The van der Waals surface area contributed by atoms with Crippen molar-refractivity contribution in [3.8, 4) is 0 Å². The van der Waals surface area contributed by atoms with E-state index < -0.39 is 5.95 Å². The molecule has 0 atom stereocenters. The fourth-order valence-corrected chi connectivity index (χ4v) is 0.983. The van der Waals surface area contributed by atoms with Gasteiger partial charge in [-0.3, -0.25) is 4.79 Å². The van der Waals surface area contributed by atoms with Crippen molar-refractivity contribution in [1.29, 1.82) is 0 Å². The zero-order chi connectivity index (χ0) is 6.85. The van der Waals surface area contributed by atoms with Crippen LogP contribution in [0.5, 0.6) is 0 Å². The maximum atomic E-state index is 12.0. The van der Waals surface area contributed by atoms with Crippen LogP contribution in [0.2, 0.25) is 0 Å². The van der Waals surface area contributed by atoms with Crippen LogP contribution in [-0.4, -0.2) is 10.8 Å². The number of rotatable bonds is 1. The van der Waals surface area contributed by atoms with Gasteiger partial charge in [-0.2, -0.15) is 4.39 Å². The first kappa shape index (κ1) is 6.35. The van der Waals surface area contributed by atoms with Gasteiger partial charge in [-0.05, 0) is 0 Å². The molecule has 0 bridgehead atoms. The average molecular weight is 145 g/mol. The summed E-state index contributed by atoms with van der Waals surface area (Å²) in [6.45, 7) is 1.36. The molecule has 1 aromatic rings. The van der Waals surface area contributed by atoms with Crippen molar-refractivity contribution in [3.05, 3.63) is 16.3 Å². The zero-order valence-electron chi connectivity index (χ0n) is 4.72. The van der Waals surface area contributed by atoms with Gasteiger partial charge in [0.2, 0.25) is 5.95 Å². The molecule has 0 aliphatic heterocycles. The summed E-state index contributed by atoms with van der Waals surface area (Å²) in [5.74, 6) is -0.769. The molecule has 4 heteroatoms. The van der Waals surface area contributed by atoms with Crippen molar-refractivity contribution >= 4 is 17.1 Å². The van der Waals surface area contributed by atoms with E-state index in [1.54, 1.807) is 0 Å². The largest absolute Gasteiger partial charge is 0.292 e. The number of carbonyl (C=O) groups is 1. The van der Waals surface area contributed by atoms with Crippen LogP contribution in [0.25, 0.3) is 0 Å². The standard InChI is InChI=1S/C5H4FNOS/c1-3(8)5-7-4(6)2-9-5/h2H,1H3. The van der Waals surface area contributed by atoms with E-state index in [9.17, 15) is 9.18 Å². The first-order chi connectivity index (χ1) is 4.20. The van der Waals surface area contributed by atoms with Gasteiger partial charge in [0.15, 0.2) is 10.8 Å². The van der Waals surface area contributed by atoms with E-state index in [0.29, 0.717) is 0 Å². The minimum Gasteiger partial charge on any atom is -0.292 e. The van der Waals surface area contributed by atoms with Crippen molar-refractivity contribution in [3.63, 3.8) is 0 Å². The second-order valence-corrected chi connectivity index (χ2v) is 2.39. The number of thiazole rings is 1. The van der Waals surface area contributed by atoms with Crippen molar-refractivity contribution in [2.75, 3.05) is 0 Å². The molecule has 0 amide bonds. The van der Waals surface area contributed by atoms with Gasteiger partial charge in [-0.1, -0.05) is 0 Å². The Kier molecular flexibility index (Phi) is 1.57. The fourth-order valence-electron chi connectivity index (χ4n) is 0.416. The molecule has 0 saturated carbocycles. The van der Waals surface area contributed by atoms with E-state index in [-0.39, 0.29) is 10.8 Å². The van der Waals surface area contributed by atoms with Gasteiger partial charge in [0.05, 0.1) is 0 Å². The minimum atomic E-state index is -0.579. The molecule has 0 radical (unpaired) electrons. The molecule has 0 fully saturated rings. The highest BCUT2D eigenvalue weighted by Gasteiger charge is 2.03. The maximum Gasteiger partial charge on any atom is 0.224 e. The molecular weight excluding hydrogens is 141 g/mol. The van der Waals surface area contributed by atoms with Gasteiger partial charge < -0.3 is 0 Å². The molecule has 48 valence electrons. The third kappa shape index (κ3) is 1.32. The molecule has 2 nitrogen and oxygen atoms in total. The van der Waals surface area contributed by atoms with Crippen LogP contribution in [-0.2, 0) is 0 Å². The zero-order valence-corrected chi connectivity index (χ0v) is 5.54. The van der Waals surface area contributed by atoms with Crippen LogP contribution in [0.3, 0.4) is 0 Å². The number of carbonyl (C=O) groups excluding carboxylic acids is 1. The molecule has 1 rings (SSSR count). The van der Waals surface area contributed by atoms with Crippen molar-refractivity contribution in [2.24, 2.45) is 0 Å². The normalized spacial score (nSPS) is 9.56. The first-order valence-corrected chi connectivity index (χ1v) is 3.20. The summed E-state index contributed by atoms with van der Waals surface area (Å²) in [6.07, 6.45) is 0. The molecule has 0 N–H and O–H groups in total. The number of Topliss-reactive ketones (excluding diaryl/α,β-unsaturated/α-hetero) is 1. The van der Waals surface area contributed by atoms with Gasteiger partial charge >= 0.3 is 0 Å². The lowest BCUT2D eigenvalue weighted by atomic mass is 10.5. The Bertz CT molecular complexity index is 233. The Morgan fingerprint density at radius 2 is 2.56 bits per heavy atom. The number of ketones is 1. The minimum absolute atomic E-state index is 0.191. The highest BCUT2D eigenvalue weighted by atomic mass is 32.1. The summed E-state index contributed by atoms with van der Waals surface area (Å²) in [5, 5.41) is 1.43. The number of halogens is 1. The Morgan fingerprint density at radius 3 is 2.78 bits per heavy atom. The second kappa shape index (κ2) is 2.23. The van der Waals surface area contributed by atoms with E-state index in [1.807, 2.05) is 0 Å². The Balaban J connectivity index is 2.98. The SMILES string of the molecule is CC(=O)c1nc(F)cs1. The van der Waals surface area contributed by atoms with Crippen LogP contribution in [0.1, 0.15) is 16.7 Å². The van der Waals surface area contributed by atoms with Crippen LogP contribution in [0.15, 0.2) is 5.38 Å². The first-order valence-electron chi connectivity index (χ1n) is 2.32. The highest BCUT2D eigenvalue weighted by molar-refractivity contribution is 7.11. The quantitative estimate of drug-likeness (QED) is 0.560. The lowest BCUT2D eigenvalue weighted by molar-refractivity contribution is 0.101. The molecule has 9 heavy (non-hydrogen) atoms. The monoisotopic (exact) mass is 145 g/mol. The van der Waals surface area contributed by atoms with Crippen LogP contribution < -0.4 is 0 Å². The molecule has 0 aliphatic carbocycles. The van der Waals surface area contributed by atoms with Gasteiger partial charge in [-0.25, -0.2) is 4.98 Å². The average Bonchev–Trinajstić information content (AvgIpc) is 2.14. The lowest BCUT2D eigenvalue weighted by Gasteiger charge is -1.78. The van der Waals surface area contributed by atoms with Crippen LogP contribution in [0.4, 0.5) is 4.39 Å². The molecule has 1 heterocycles. The van der Waals surface area contributed by atoms with E-state index in [1.165, 1.54) is 12.3 Å². The fraction of sp³-hybridized carbons (Fsp3) is 0.200. The van der Waals surface area contributed by atoms with Gasteiger partial charge in [0.25, 0.3) is 0 Å².